The van der Waals surface area contributed by atoms with Gasteiger partial charge in [0.05, 0.1) is 0 Å². The van der Waals surface area contributed by atoms with Gasteiger partial charge in [-0.2, -0.15) is 0 Å². The zero-order chi connectivity index (χ0) is 13.2. The van der Waals surface area contributed by atoms with E-state index in [-0.39, 0.29) is 21.2 Å². The van der Waals surface area contributed by atoms with Gasteiger partial charge in [0.1, 0.15) is 0 Å². The third-order valence-electron chi connectivity index (χ3n) is 4.81. The van der Waals surface area contributed by atoms with Crippen LogP contribution < -0.4 is 26.5 Å². The van der Waals surface area contributed by atoms with Crippen LogP contribution in [-0.4, -0.2) is 63.5 Å². The second-order valence-electron chi connectivity index (χ2n) is 6.16. The molecule has 0 aromatic heterocycles. The van der Waals surface area contributed by atoms with Crippen LogP contribution in [0, 0.1) is 5.92 Å². The zero-order valence-corrected chi connectivity index (χ0v) is 13.9. The molecule has 0 aromatic rings. The molecular formula is C14H25IN3O-. The van der Waals surface area contributed by atoms with Crippen LogP contribution in [0.4, 0.5) is 4.79 Å². The molecule has 0 spiro atoms. The van der Waals surface area contributed by atoms with E-state index in [9.17, 15) is 4.79 Å². The molecular weight excluding hydrogens is 353 g/mol. The van der Waals surface area contributed by atoms with Gasteiger partial charge in [-0.05, 0) is 0 Å². The summed E-state index contributed by atoms with van der Waals surface area (Å²) in [7, 11) is 2.21. The van der Waals surface area contributed by atoms with Crippen molar-refractivity contribution < 1.29 is 26.0 Å². The number of alkyl halides is 1. The van der Waals surface area contributed by atoms with Crippen LogP contribution in [0.1, 0.15) is 25.7 Å². The summed E-state index contributed by atoms with van der Waals surface area (Å²) in [6, 6.07) is 0.578. The van der Waals surface area contributed by atoms with Gasteiger partial charge in [-0.1, -0.05) is 0 Å². The summed E-state index contributed by atoms with van der Waals surface area (Å²) in [5.41, 5.74) is 0. The molecule has 3 saturated heterocycles. The van der Waals surface area contributed by atoms with Crippen molar-refractivity contribution >= 4 is 3.91 Å². The van der Waals surface area contributed by atoms with Crippen molar-refractivity contribution in [2.75, 3.05) is 39.8 Å². The van der Waals surface area contributed by atoms with Crippen LogP contribution in [0.5, 0.6) is 0 Å². The monoisotopic (exact) mass is 378 g/mol. The van der Waals surface area contributed by atoms with Gasteiger partial charge in [0.25, 0.3) is 0 Å². The van der Waals surface area contributed by atoms with Crippen molar-refractivity contribution in [2.24, 2.45) is 5.92 Å². The Labute approximate surface area is 126 Å². The molecule has 1 atom stereocenters. The Kier molecular flexibility index (Phi) is 4.64. The van der Waals surface area contributed by atoms with Gasteiger partial charge in [0.2, 0.25) is 0 Å². The van der Waals surface area contributed by atoms with Crippen LogP contribution in [0.3, 0.4) is 0 Å². The molecule has 3 heterocycles. The molecule has 0 aromatic carbocycles. The molecule has 110 valence electrons. The van der Waals surface area contributed by atoms with Gasteiger partial charge in [-0.3, -0.25) is 0 Å². The molecule has 0 bridgehead atoms. The van der Waals surface area contributed by atoms with Crippen LogP contribution in [-0.2, 0) is 0 Å². The van der Waals surface area contributed by atoms with E-state index in [0.29, 0.717) is 13.9 Å². The van der Waals surface area contributed by atoms with Crippen LogP contribution in [0.15, 0.2) is 0 Å². The summed E-state index contributed by atoms with van der Waals surface area (Å²) in [6.07, 6.45) is 5.06. The molecule has 0 aliphatic carbocycles. The number of hydrogen-bond donors (Lipinski definition) is 1. The van der Waals surface area contributed by atoms with Crippen LogP contribution in [0.2, 0.25) is 0 Å². The molecule has 1 N–H and O–H groups in total. The van der Waals surface area contributed by atoms with Crippen molar-refractivity contribution in [1.82, 2.24) is 15.1 Å². The maximum absolute atomic E-state index is 12.5. The molecule has 0 radical (unpaired) electrons. The Balaban J connectivity index is 1.56. The summed E-state index contributed by atoms with van der Waals surface area (Å²) < 4.78 is 1.25. The number of piperidine rings is 1. The van der Waals surface area contributed by atoms with E-state index in [1.807, 2.05) is 0 Å². The predicted octanol–water partition coefficient (Wildman–Crippen LogP) is -2.03. The molecule has 1 amide bonds. The van der Waals surface area contributed by atoms with Gasteiger partial charge in [-0.15, -0.1) is 0 Å². The SMILES string of the molecule is CN1CCC([C@@H]2CCCN2C(=O)[I-]C2CNC2)CC1. The Morgan fingerprint density at radius 3 is 2.53 bits per heavy atom. The number of halogens is 1. The first-order chi connectivity index (χ1) is 9.24. The fourth-order valence-electron chi connectivity index (χ4n) is 3.44. The topological polar surface area (TPSA) is 35.6 Å². The first-order valence-corrected chi connectivity index (χ1v) is 9.90. The number of carbonyl (C=O) groups is 1. The minimum absolute atomic E-state index is 0.272. The molecule has 5 heteroatoms. The van der Waals surface area contributed by atoms with Crippen molar-refractivity contribution in [3.8, 4) is 0 Å². The maximum atomic E-state index is 12.5. The van der Waals surface area contributed by atoms with E-state index >= 15 is 0 Å². The van der Waals surface area contributed by atoms with Crippen molar-refractivity contribution in [3.63, 3.8) is 0 Å². The molecule has 3 fully saturated rings. The third kappa shape index (κ3) is 3.24. The second kappa shape index (κ2) is 6.26. The first-order valence-electron chi connectivity index (χ1n) is 7.57. The van der Waals surface area contributed by atoms with E-state index in [4.69, 9.17) is 0 Å². The number of hydrogen-bond acceptors (Lipinski definition) is 3. The fraction of sp³-hybridized carbons (Fsp3) is 0.929. The number of likely N-dealkylation sites (tertiary alicyclic amines) is 2. The quantitative estimate of drug-likeness (QED) is 0.267. The Morgan fingerprint density at radius 1 is 1.16 bits per heavy atom. The molecule has 3 aliphatic heterocycles. The number of amides is 1. The van der Waals surface area contributed by atoms with E-state index in [1.54, 1.807) is 0 Å². The van der Waals surface area contributed by atoms with Gasteiger partial charge < -0.3 is 0 Å². The summed E-state index contributed by atoms with van der Waals surface area (Å²) in [5.74, 6) is 0.770. The first kappa shape index (κ1) is 14.1. The molecule has 0 unspecified atom stereocenters. The normalized spacial score (nSPS) is 30.8. The van der Waals surface area contributed by atoms with Gasteiger partial charge in [0.15, 0.2) is 0 Å². The molecule has 3 rings (SSSR count). The number of rotatable bonds is 3. The third-order valence-corrected chi connectivity index (χ3v) is 7.73. The molecule has 0 saturated carbocycles. The van der Waals surface area contributed by atoms with Crippen molar-refractivity contribution in [1.29, 1.82) is 0 Å². The average Bonchev–Trinajstić information content (AvgIpc) is 2.84. The molecule has 3 aliphatic rings. The van der Waals surface area contributed by atoms with Crippen molar-refractivity contribution in [3.05, 3.63) is 0 Å². The van der Waals surface area contributed by atoms with E-state index in [2.05, 4.69) is 22.2 Å². The van der Waals surface area contributed by atoms with Crippen molar-refractivity contribution in [2.45, 2.75) is 35.6 Å². The number of nitrogens with one attached hydrogen (secondary N) is 1. The predicted molar refractivity (Wildman–Crippen MR) is 72.0 cm³/mol. The number of carbonyl (C=O) groups excluding carboxylic acids is 1. The Bertz CT molecular complexity index is 327. The summed E-state index contributed by atoms with van der Waals surface area (Å²) in [4.78, 5) is 17.2. The van der Waals surface area contributed by atoms with E-state index < -0.39 is 0 Å². The standard InChI is InChI=1S/C14H25IN3O/c1-17-7-4-11(5-8-17)13-3-2-6-18(13)14(19)15-12-9-16-10-12/h11-13,16H,2-10H2,1H3/q-1/t13-/m0/s1. The van der Waals surface area contributed by atoms with E-state index in [0.717, 1.165) is 25.6 Å². The summed E-state index contributed by atoms with van der Waals surface area (Å²) in [6.45, 7) is 5.64. The van der Waals surface area contributed by atoms with Crippen LogP contribution >= 0.6 is 0 Å². The number of nitrogens with zero attached hydrogens (tertiary/aromatic N) is 2. The molecule has 19 heavy (non-hydrogen) atoms. The van der Waals surface area contributed by atoms with Crippen LogP contribution in [0.25, 0.3) is 0 Å². The molecule has 4 nitrogen and oxygen atoms in total. The van der Waals surface area contributed by atoms with Gasteiger partial charge in [0, 0.05) is 0 Å². The summed E-state index contributed by atoms with van der Waals surface area (Å²) in [5, 5.41) is 3.29. The second-order valence-corrected chi connectivity index (χ2v) is 9.47. The zero-order valence-electron chi connectivity index (χ0n) is 11.8. The fourth-order valence-corrected chi connectivity index (χ4v) is 6.21. The Hall–Kier alpha value is 0.120. The Morgan fingerprint density at radius 2 is 1.89 bits per heavy atom. The average molecular weight is 378 g/mol. The van der Waals surface area contributed by atoms with E-state index in [1.165, 1.54) is 38.8 Å². The van der Waals surface area contributed by atoms with Gasteiger partial charge in [-0.25, -0.2) is 0 Å². The summed E-state index contributed by atoms with van der Waals surface area (Å²) >= 11 is -0.272. The minimum atomic E-state index is -0.272. The van der Waals surface area contributed by atoms with Gasteiger partial charge >= 0.3 is 126 Å².